The first kappa shape index (κ1) is 99.9. The van der Waals surface area contributed by atoms with E-state index in [1.165, 1.54) is 16.7 Å². The number of imide groups is 1. The van der Waals surface area contributed by atoms with Crippen LogP contribution in [0.25, 0.3) is 131 Å². The minimum atomic E-state index is -5.39. The third-order valence-electron chi connectivity index (χ3n) is 29.8. The van der Waals surface area contributed by atoms with Crippen LogP contribution in [0.5, 0.6) is 0 Å². The van der Waals surface area contributed by atoms with Gasteiger partial charge in [0.25, 0.3) is 0 Å². The standard InChI is InChI=1S/C115H107N3O25P4S/c1-3-93(101(132-65-85-32-31-80-27-23-72-11-6-15-76-33-40-86(85)110(80)106(72)76)66-134-146(127,128)141-97-59-94(137-100(97)64-119)87-41-34-81-28-24-73-12-7-16-77-37-44-90(87)111(81)107(73)77)140-145(125,126)135-67-103-99(61-96(139-103)89-43-36-83-30-26-75-14-9-18-79-39-46-92(89)113(83)109(75)79)143-147(129,130)136-68-102-98(60-95(138-102)88-42-35-82-29-25-74-13-8-17-78-38-45-91(88)112(82)108(74)78)142-144(123,124)133-57-10-58-148-104-62-105(120)118(114(104)121)51-4-5-56-131-115(122)84-21-19-69(20-22-84)63-117-54-49-71(50-55-117)70-47-52-116(2)53-48-70/h6-9,11-17,19-50,52-55,79,93-104,119H,3-5,10,18,51,56-68H2,1-2H3,(H2-2,123,124,125,126,127,128,129,130)/p+2/t79?,93?,94-,95-,96-,97?,98?,99?,100-,101-,102-,103-,104?/m1/s1. The number of carbonyl (C=O) groups excluding carboxylic acids is 3. The molecule has 4 aliphatic heterocycles. The minimum Gasteiger partial charge on any atom is -0.462 e. The van der Waals surface area contributed by atoms with Gasteiger partial charge in [-0.15, -0.1) is 11.8 Å². The van der Waals surface area contributed by atoms with Crippen molar-refractivity contribution in [2.45, 2.75) is 156 Å². The van der Waals surface area contributed by atoms with Crippen LogP contribution in [0.15, 0.2) is 274 Å². The second kappa shape index (κ2) is 41.8. The molecule has 0 saturated carbocycles. The van der Waals surface area contributed by atoms with Gasteiger partial charge in [0.1, 0.15) is 49.8 Å². The lowest BCUT2D eigenvalue weighted by Crippen LogP contribution is -2.35. The Kier molecular flexibility index (Phi) is 28.2. The first-order chi connectivity index (χ1) is 71.8. The highest BCUT2D eigenvalue weighted by atomic mass is 32.2. The fraction of sp³-hybridized carbons (Fsp3) is 0.296. The van der Waals surface area contributed by atoms with E-state index >= 15 is 9.13 Å². The van der Waals surface area contributed by atoms with Crippen molar-refractivity contribution >= 4 is 181 Å². The molecule has 28 nitrogen and oxygen atoms in total. The summed E-state index contributed by atoms with van der Waals surface area (Å²) in [6.07, 6.45) is 4.77. The first-order valence-electron chi connectivity index (χ1n) is 50.2. The normalized spacial score (nSPS) is 22.5. The van der Waals surface area contributed by atoms with Crippen LogP contribution in [0.1, 0.15) is 144 Å². The maximum atomic E-state index is 15.2. The van der Waals surface area contributed by atoms with E-state index in [1.54, 1.807) is 19.1 Å². The fourth-order valence-corrected chi connectivity index (χ4v) is 27.6. The quantitative estimate of drug-likeness (QED) is 0.00593. The third-order valence-corrected chi connectivity index (χ3v) is 35.2. The number of aryl methyl sites for hydroxylation is 1. The number of benzene rings is 15. The zero-order valence-electron chi connectivity index (χ0n) is 81.0. The van der Waals surface area contributed by atoms with Crippen LogP contribution in [-0.4, -0.2) is 153 Å². The number of likely N-dealkylation sites (tertiary alicyclic amines) is 1. The molecule has 6 heterocycles. The molecule has 17 aromatic rings. The van der Waals surface area contributed by atoms with Crippen molar-refractivity contribution < 1.29 is 126 Å². The van der Waals surface area contributed by atoms with E-state index in [9.17, 15) is 48.2 Å². The number of nitrogens with zero attached hydrogens (tertiary/aromatic N) is 3. The molecule has 0 spiro atoms. The Bertz CT molecular complexity index is 8180. The van der Waals surface area contributed by atoms with Crippen LogP contribution in [0.4, 0.5) is 0 Å². The van der Waals surface area contributed by atoms with Crippen LogP contribution >= 0.6 is 43.1 Å². The lowest BCUT2D eigenvalue weighted by atomic mass is 9.77. The Balaban J connectivity index is 0.460. The number of amides is 2. The highest BCUT2D eigenvalue weighted by Gasteiger charge is 2.49. The molecule has 148 heavy (non-hydrogen) atoms. The number of allylic oxidation sites excluding steroid dienone is 2. The Morgan fingerprint density at radius 3 is 1.56 bits per heavy atom. The molecule has 23 rings (SSSR count). The average molecular weight is 2090 g/mol. The van der Waals surface area contributed by atoms with Crippen LogP contribution in [0.3, 0.4) is 0 Å². The number of aliphatic hydroxyl groups excluding tert-OH is 1. The Labute approximate surface area is 856 Å². The zero-order valence-corrected chi connectivity index (χ0v) is 85.4. The molecule has 6 aliphatic rings. The number of ether oxygens (including phenoxy) is 5. The summed E-state index contributed by atoms with van der Waals surface area (Å²) in [6, 6.07) is 78.0. The van der Waals surface area contributed by atoms with Crippen molar-refractivity contribution in [2.24, 2.45) is 7.05 Å². The molecule has 17 atom stereocenters. The minimum absolute atomic E-state index is 0.0461. The first-order valence-corrected chi connectivity index (χ1v) is 57.2. The van der Waals surface area contributed by atoms with Crippen molar-refractivity contribution in [1.82, 2.24) is 4.90 Å². The number of aromatic nitrogens is 2. The maximum absolute atomic E-state index is 15.2. The summed E-state index contributed by atoms with van der Waals surface area (Å²) >= 11 is 1.22. The van der Waals surface area contributed by atoms with Crippen LogP contribution in [-0.2, 0) is 108 Å². The fourth-order valence-electron chi connectivity index (χ4n) is 22.6. The molecule has 10 unspecified atom stereocenters. The molecule has 4 saturated heterocycles. The summed E-state index contributed by atoms with van der Waals surface area (Å²) in [5.74, 6) is -0.851. The van der Waals surface area contributed by atoms with Gasteiger partial charge in [0.15, 0.2) is 31.3 Å². The predicted molar refractivity (Wildman–Crippen MR) is 566 cm³/mol. The molecule has 0 radical (unpaired) electrons. The van der Waals surface area contributed by atoms with Crippen LogP contribution in [0.2, 0.25) is 0 Å². The summed E-state index contributed by atoms with van der Waals surface area (Å²) < 4.78 is 144. The number of unbranched alkanes of at least 4 members (excludes halogenated alkanes) is 1. The lowest BCUT2D eigenvalue weighted by Gasteiger charge is -2.29. The molecular formula is C115H109N3O25P4S+2. The van der Waals surface area contributed by atoms with Crippen molar-refractivity contribution in [3.8, 4) is 11.1 Å². The van der Waals surface area contributed by atoms with E-state index in [0.717, 1.165) is 153 Å². The second-order valence-electron chi connectivity index (χ2n) is 39.1. The van der Waals surface area contributed by atoms with Crippen LogP contribution < -0.4 is 9.13 Å². The Morgan fingerprint density at radius 2 is 0.980 bits per heavy atom. The summed E-state index contributed by atoms with van der Waals surface area (Å²) in [5, 5.41) is 30.0. The van der Waals surface area contributed by atoms with E-state index < -0.39 is 136 Å². The van der Waals surface area contributed by atoms with Gasteiger partial charge in [-0.3, -0.25) is 50.7 Å². The van der Waals surface area contributed by atoms with Gasteiger partial charge in [0.05, 0.1) is 81.5 Å². The predicted octanol–water partition coefficient (Wildman–Crippen LogP) is 22.7. The van der Waals surface area contributed by atoms with E-state index in [-0.39, 0.29) is 88.4 Å². The summed E-state index contributed by atoms with van der Waals surface area (Å²) in [6.45, 7) is -0.912. The number of esters is 1. The van der Waals surface area contributed by atoms with Crippen LogP contribution in [0, 0.1) is 0 Å². The second-order valence-corrected chi connectivity index (χ2v) is 46.0. The number of aliphatic hydroxyl groups is 1. The van der Waals surface area contributed by atoms with Crippen molar-refractivity contribution in [2.75, 3.05) is 51.9 Å². The molecule has 758 valence electrons. The van der Waals surface area contributed by atoms with E-state index in [1.807, 2.05) is 188 Å². The SMILES string of the molecule is CCC(OP(=O)(O)OC[C@H]1O[C@@H](c2ccc3ccc4c5c3c2C=CC5CC=C4)CC1OP(=O)(O)OC[C@H]1O[C@@H](c2ccc3ccc4cccc5ccc2c3c45)CC1OP(=O)(O)OCCCSC1CC(=O)N(CCCCOC(=O)c2ccc(C[n+]3ccc(-c4cc[n+](C)cc4)cc3)cc2)C1=O)[C@@H](COP(=O)(O)OC1C[C@H](c2ccc3ccc4cccc5ccc2c3c45)O[C@@H]1CO)OCc1ccc2ccc3cccc4ccc1c2c34. The van der Waals surface area contributed by atoms with Gasteiger partial charge in [0.2, 0.25) is 11.8 Å². The smallest absolute Gasteiger partial charge is 0.462 e. The molecule has 2 amide bonds. The molecule has 33 heteroatoms. The number of thioether (sulfide) groups is 1. The lowest BCUT2D eigenvalue weighted by molar-refractivity contribution is -0.688. The van der Waals surface area contributed by atoms with E-state index in [0.29, 0.717) is 41.6 Å². The van der Waals surface area contributed by atoms with Crippen molar-refractivity contribution in [1.29, 1.82) is 0 Å². The largest absolute Gasteiger partial charge is 0.472 e. The number of carbonyl (C=O) groups is 3. The third kappa shape index (κ3) is 20.5. The molecule has 5 N–H and O–H groups in total. The molecule has 0 bridgehead atoms. The number of hydrogen-bond acceptors (Lipinski definition) is 22. The molecule has 2 aliphatic carbocycles. The molecule has 4 fully saturated rings. The van der Waals surface area contributed by atoms with Gasteiger partial charge in [-0.2, -0.15) is 0 Å². The molecular weight excluding hydrogens is 1980 g/mol. The van der Waals surface area contributed by atoms with Gasteiger partial charge in [-0.25, -0.2) is 32.2 Å². The van der Waals surface area contributed by atoms with Crippen molar-refractivity contribution in [3.05, 3.63) is 324 Å². The summed E-state index contributed by atoms with van der Waals surface area (Å²) in [5.41, 5.74) is 9.54. The monoisotopic (exact) mass is 2090 g/mol. The van der Waals surface area contributed by atoms with E-state index in [2.05, 4.69) is 102 Å². The number of phosphoric ester groups is 4. The topological polar surface area (TPSA) is 352 Å². The summed E-state index contributed by atoms with van der Waals surface area (Å²) in [7, 11) is -19.0. The van der Waals surface area contributed by atoms with Crippen molar-refractivity contribution in [3.63, 3.8) is 0 Å². The Morgan fingerprint density at radius 1 is 0.493 bits per heavy atom. The maximum Gasteiger partial charge on any atom is 0.472 e. The number of hydrogen-bond donors (Lipinski definition) is 5. The molecule has 15 aromatic carbocycles. The highest BCUT2D eigenvalue weighted by molar-refractivity contribution is 8.00. The number of phosphoric acid groups is 4. The average Bonchev–Trinajstić information content (AvgIpc) is 1.17. The van der Waals surface area contributed by atoms with Gasteiger partial charge < -0.3 is 48.4 Å². The summed E-state index contributed by atoms with van der Waals surface area (Å²) in [4.78, 5) is 89.5. The zero-order chi connectivity index (χ0) is 101. The highest BCUT2D eigenvalue weighted by Crippen LogP contribution is 2.58. The van der Waals surface area contributed by atoms with Gasteiger partial charge in [-0.1, -0.05) is 231 Å². The number of pyridine rings is 2. The molecule has 2 aromatic heterocycles. The van der Waals surface area contributed by atoms with Gasteiger partial charge in [0, 0.05) is 68.0 Å². The van der Waals surface area contributed by atoms with Gasteiger partial charge >= 0.3 is 37.3 Å². The number of rotatable bonds is 41. The van der Waals surface area contributed by atoms with E-state index in [4.69, 9.17) is 59.9 Å². The Hall–Kier alpha value is -11.3. The van der Waals surface area contributed by atoms with Gasteiger partial charge in [-0.05, 0) is 208 Å².